The van der Waals surface area contributed by atoms with Crippen molar-refractivity contribution in [2.45, 2.75) is 31.3 Å². The van der Waals surface area contributed by atoms with Gasteiger partial charge < -0.3 is 4.90 Å². The minimum atomic E-state index is 0.0145. The van der Waals surface area contributed by atoms with Crippen molar-refractivity contribution < 1.29 is 4.79 Å². The van der Waals surface area contributed by atoms with Gasteiger partial charge in [0.15, 0.2) is 0 Å². The van der Waals surface area contributed by atoms with Crippen LogP contribution in [0.4, 0.5) is 0 Å². The zero-order valence-electron chi connectivity index (χ0n) is 10.7. The highest BCUT2D eigenvalue weighted by Crippen LogP contribution is 2.44. The highest BCUT2D eigenvalue weighted by Gasteiger charge is 2.43. The molecule has 1 amide bonds. The standard InChI is InChI=1S/C14H13ClN4O/c15-8-5-10-12(16-7-8)6-9-1-2-13(10)19(9)14(20)11-3-4-17-18-11/h3-5,7,9,13H,1-2,6H2,(H,17,18)/t9-,13-/m1/s1. The van der Waals surface area contributed by atoms with E-state index in [-0.39, 0.29) is 18.0 Å². The fourth-order valence-corrected chi connectivity index (χ4v) is 3.54. The lowest BCUT2D eigenvalue weighted by Crippen LogP contribution is -2.42. The third-order valence-corrected chi connectivity index (χ3v) is 4.43. The van der Waals surface area contributed by atoms with E-state index in [1.807, 2.05) is 11.0 Å². The molecule has 2 bridgehead atoms. The molecule has 20 heavy (non-hydrogen) atoms. The third kappa shape index (κ3) is 1.66. The fourth-order valence-electron chi connectivity index (χ4n) is 3.38. The first-order chi connectivity index (χ1) is 9.74. The molecule has 0 unspecified atom stereocenters. The summed E-state index contributed by atoms with van der Waals surface area (Å²) in [6.07, 6.45) is 6.08. The quantitative estimate of drug-likeness (QED) is 0.876. The van der Waals surface area contributed by atoms with Crippen LogP contribution in [0, 0.1) is 0 Å². The second-order valence-electron chi connectivity index (χ2n) is 5.32. The van der Waals surface area contributed by atoms with Gasteiger partial charge in [0.05, 0.1) is 11.1 Å². The molecule has 5 nitrogen and oxygen atoms in total. The molecule has 2 aliphatic rings. The van der Waals surface area contributed by atoms with E-state index in [2.05, 4.69) is 15.2 Å². The Hall–Kier alpha value is -1.88. The van der Waals surface area contributed by atoms with Gasteiger partial charge in [-0.25, -0.2) is 0 Å². The maximum absolute atomic E-state index is 12.6. The molecule has 1 saturated heterocycles. The van der Waals surface area contributed by atoms with Crippen LogP contribution >= 0.6 is 11.6 Å². The molecule has 0 aromatic carbocycles. The summed E-state index contributed by atoms with van der Waals surface area (Å²) in [5, 5.41) is 7.24. The van der Waals surface area contributed by atoms with E-state index in [0.717, 1.165) is 30.5 Å². The van der Waals surface area contributed by atoms with Crippen molar-refractivity contribution in [2.24, 2.45) is 0 Å². The summed E-state index contributed by atoms with van der Waals surface area (Å²) in [4.78, 5) is 19.0. The van der Waals surface area contributed by atoms with Crippen LogP contribution in [0.15, 0.2) is 24.5 Å². The summed E-state index contributed by atoms with van der Waals surface area (Å²) < 4.78 is 0. The normalized spacial score (nSPS) is 23.8. The molecule has 4 heterocycles. The SMILES string of the molecule is O=C(c1ccn[nH]1)N1[C@@H]2CC[C@@H]1c1cc(Cl)cnc1C2. The van der Waals surface area contributed by atoms with Gasteiger partial charge in [0.25, 0.3) is 5.91 Å². The number of hydrogen-bond donors (Lipinski definition) is 1. The minimum absolute atomic E-state index is 0.0145. The van der Waals surface area contributed by atoms with Crippen molar-refractivity contribution in [3.05, 3.63) is 46.5 Å². The number of aromatic amines is 1. The van der Waals surface area contributed by atoms with Gasteiger partial charge in [-0.1, -0.05) is 11.6 Å². The predicted molar refractivity (Wildman–Crippen MR) is 73.5 cm³/mol. The van der Waals surface area contributed by atoms with E-state index < -0.39 is 0 Å². The van der Waals surface area contributed by atoms with Crippen molar-refractivity contribution in [3.8, 4) is 0 Å². The van der Waals surface area contributed by atoms with E-state index >= 15 is 0 Å². The number of nitrogens with one attached hydrogen (secondary N) is 1. The van der Waals surface area contributed by atoms with Crippen LogP contribution in [0.25, 0.3) is 0 Å². The van der Waals surface area contributed by atoms with Crippen molar-refractivity contribution in [3.63, 3.8) is 0 Å². The first kappa shape index (κ1) is 11.9. The Kier molecular flexibility index (Phi) is 2.57. The van der Waals surface area contributed by atoms with Gasteiger partial charge in [-0.15, -0.1) is 0 Å². The molecule has 1 N–H and O–H groups in total. The summed E-state index contributed by atoms with van der Waals surface area (Å²) >= 11 is 6.06. The van der Waals surface area contributed by atoms with Crippen LogP contribution in [0.5, 0.6) is 0 Å². The molecule has 0 saturated carbocycles. The smallest absolute Gasteiger partial charge is 0.272 e. The highest BCUT2D eigenvalue weighted by molar-refractivity contribution is 6.30. The van der Waals surface area contributed by atoms with Crippen molar-refractivity contribution in [1.29, 1.82) is 0 Å². The maximum Gasteiger partial charge on any atom is 0.272 e. The number of aromatic nitrogens is 3. The summed E-state index contributed by atoms with van der Waals surface area (Å²) in [5.41, 5.74) is 2.72. The summed E-state index contributed by atoms with van der Waals surface area (Å²) in [5.74, 6) is 0.0145. The Bertz CT molecular complexity index is 670. The molecule has 6 heteroatoms. The Labute approximate surface area is 121 Å². The number of nitrogens with zero attached hydrogens (tertiary/aromatic N) is 3. The number of pyridine rings is 1. The second kappa shape index (κ2) is 4.31. The molecule has 0 radical (unpaired) electrons. The number of hydrogen-bond acceptors (Lipinski definition) is 3. The van der Waals surface area contributed by atoms with Crippen LogP contribution in [-0.2, 0) is 6.42 Å². The van der Waals surface area contributed by atoms with E-state index in [1.165, 1.54) is 0 Å². The molecule has 2 atom stereocenters. The molecule has 2 aliphatic heterocycles. The molecule has 2 aromatic heterocycles. The van der Waals surface area contributed by atoms with Gasteiger partial charge in [0.2, 0.25) is 0 Å². The molecule has 2 aromatic rings. The third-order valence-electron chi connectivity index (χ3n) is 4.23. The number of carbonyl (C=O) groups is 1. The van der Waals surface area contributed by atoms with E-state index in [0.29, 0.717) is 10.7 Å². The van der Waals surface area contributed by atoms with Crippen LogP contribution < -0.4 is 0 Å². The summed E-state index contributed by atoms with van der Waals surface area (Å²) in [7, 11) is 0. The topological polar surface area (TPSA) is 61.9 Å². The first-order valence-electron chi connectivity index (χ1n) is 6.70. The molecule has 4 rings (SSSR count). The number of halogens is 1. The van der Waals surface area contributed by atoms with E-state index in [1.54, 1.807) is 18.5 Å². The second-order valence-corrected chi connectivity index (χ2v) is 5.76. The van der Waals surface area contributed by atoms with Gasteiger partial charge in [0, 0.05) is 30.6 Å². The number of amides is 1. The largest absolute Gasteiger partial charge is 0.327 e. The number of H-pyrrole nitrogens is 1. The van der Waals surface area contributed by atoms with Crippen molar-refractivity contribution in [1.82, 2.24) is 20.1 Å². The van der Waals surface area contributed by atoms with Crippen LogP contribution in [-0.4, -0.2) is 32.0 Å². The zero-order valence-corrected chi connectivity index (χ0v) is 11.5. The Morgan fingerprint density at radius 2 is 2.35 bits per heavy atom. The van der Waals surface area contributed by atoms with Crippen molar-refractivity contribution >= 4 is 17.5 Å². The molecular formula is C14H13ClN4O. The number of carbonyl (C=O) groups excluding carboxylic acids is 1. The van der Waals surface area contributed by atoms with Gasteiger partial charge in [-0.3, -0.25) is 14.9 Å². The average Bonchev–Trinajstić information content (AvgIpc) is 3.07. The summed E-state index contributed by atoms with van der Waals surface area (Å²) in [6, 6.07) is 3.99. The van der Waals surface area contributed by atoms with E-state index in [9.17, 15) is 4.79 Å². The number of fused-ring (bicyclic) bond motifs is 4. The van der Waals surface area contributed by atoms with Gasteiger partial charge in [-0.05, 0) is 30.5 Å². The lowest BCUT2D eigenvalue weighted by molar-refractivity contribution is 0.0638. The number of rotatable bonds is 1. The van der Waals surface area contributed by atoms with Gasteiger partial charge >= 0.3 is 0 Å². The Balaban J connectivity index is 1.75. The zero-order chi connectivity index (χ0) is 13.7. The van der Waals surface area contributed by atoms with Crippen LogP contribution in [0.2, 0.25) is 5.02 Å². The van der Waals surface area contributed by atoms with Crippen LogP contribution in [0.3, 0.4) is 0 Å². The van der Waals surface area contributed by atoms with Gasteiger partial charge in [-0.2, -0.15) is 5.10 Å². The summed E-state index contributed by atoms with van der Waals surface area (Å²) in [6.45, 7) is 0. The highest BCUT2D eigenvalue weighted by atomic mass is 35.5. The van der Waals surface area contributed by atoms with E-state index in [4.69, 9.17) is 11.6 Å². The predicted octanol–water partition coefficient (Wildman–Crippen LogP) is 2.36. The average molecular weight is 289 g/mol. The first-order valence-corrected chi connectivity index (χ1v) is 7.08. The molecule has 1 fully saturated rings. The van der Waals surface area contributed by atoms with Gasteiger partial charge in [0.1, 0.15) is 5.69 Å². The van der Waals surface area contributed by atoms with Crippen molar-refractivity contribution in [2.75, 3.05) is 0 Å². The monoisotopic (exact) mass is 288 g/mol. The lowest BCUT2D eigenvalue weighted by Gasteiger charge is -2.35. The Morgan fingerprint density at radius 3 is 3.15 bits per heavy atom. The van der Waals surface area contributed by atoms with Crippen LogP contribution in [0.1, 0.15) is 40.6 Å². The lowest BCUT2D eigenvalue weighted by atomic mass is 9.97. The molecular weight excluding hydrogens is 276 g/mol. The molecule has 0 aliphatic carbocycles. The Morgan fingerprint density at radius 1 is 1.45 bits per heavy atom. The fraction of sp³-hybridized carbons (Fsp3) is 0.357. The maximum atomic E-state index is 12.6. The molecule has 102 valence electrons. The minimum Gasteiger partial charge on any atom is -0.327 e. The molecule has 0 spiro atoms.